The van der Waals surface area contributed by atoms with E-state index in [-0.39, 0.29) is 12.4 Å². The van der Waals surface area contributed by atoms with Crippen LogP contribution in [-0.2, 0) is 33.4 Å². The van der Waals surface area contributed by atoms with Gasteiger partial charge in [-0.2, -0.15) is 0 Å². The van der Waals surface area contributed by atoms with E-state index >= 15 is 0 Å². The van der Waals surface area contributed by atoms with Gasteiger partial charge in [-0.25, -0.2) is 4.79 Å². The van der Waals surface area contributed by atoms with Crippen LogP contribution in [0.3, 0.4) is 0 Å². The second-order valence-electron chi connectivity index (χ2n) is 13.4. The van der Waals surface area contributed by atoms with Crippen LogP contribution in [0.2, 0.25) is 0 Å². The lowest BCUT2D eigenvalue weighted by Crippen LogP contribution is -2.63. The molecule has 8 nitrogen and oxygen atoms in total. The quantitative estimate of drug-likeness (QED) is 0.132. The monoisotopic (exact) mass is 582 g/mol. The van der Waals surface area contributed by atoms with Gasteiger partial charge in [0.25, 0.3) is 0 Å². The molecule has 1 N–H and O–H groups in total. The van der Waals surface area contributed by atoms with Crippen molar-refractivity contribution in [2.24, 2.45) is 40.9 Å². The smallest absolute Gasteiger partial charge is 0.331 e. The number of esters is 3. The van der Waals surface area contributed by atoms with Crippen molar-refractivity contribution < 1.29 is 38.5 Å². The Balaban J connectivity index is 1.84. The van der Waals surface area contributed by atoms with E-state index in [1.807, 2.05) is 39.0 Å². The summed E-state index contributed by atoms with van der Waals surface area (Å²) in [4.78, 5) is 51.5. The van der Waals surface area contributed by atoms with Crippen LogP contribution < -0.4 is 0 Å². The SMILES string of the molecule is CCC/C=C/C=C/C(=O)OC1C(C)C2(O)C3C=C(C)C(=O)C3CC(COC(C)=O)=CC2C2C(C)(C)C12OC(=O)C(C)C. The third-order valence-electron chi connectivity index (χ3n) is 10.1. The number of fused-ring (bicyclic) bond motifs is 5. The van der Waals surface area contributed by atoms with Crippen molar-refractivity contribution in [1.82, 2.24) is 0 Å². The Morgan fingerprint density at radius 2 is 1.83 bits per heavy atom. The van der Waals surface area contributed by atoms with Crippen molar-refractivity contribution in [3.05, 3.63) is 47.6 Å². The lowest BCUT2D eigenvalue weighted by atomic mass is 9.60. The summed E-state index contributed by atoms with van der Waals surface area (Å²) in [6, 6.07) is 0. The van der Waals surface area contributed by atoms with Crippen molar-refractivity contribution in [3.8, 4) is 0 Å². The number of hydrogen-bond donors (Lipinski definition) is 1. The molecule has 0 aromatic carbocycles. The number of allylic oxidation sites excluding steroid dienone is 4. The van der Waals surface area contributed by atoms with Crippen LogP contribution in [0.25, 0.3) is 0 Å². The van der Waals surface area contributed by atoms with E-state index in [1.165, 1.54) is 13.0 Å². The zero-order valence-corrected chi connectivity index (χ0v) is 26.1. The molecule has 0 amide bonds. The maximum absolute atomic E-state index is 13.4. The zero-order chi connectivity index (χ0) is 31.2. The average molecular weight is 583 g/mol. The van der Waals surface area contributed by atoms with E-state index in [9.17, 15) is 24.3 Å². The summed E-state index contributed by atoms with van der Waals surface area (Å²) in [5, 5.41) is 12.9. The zero-order valence-electron chi connectivity index (χ0n) is 26.1. The number of Topliss-reactive ketones (excluding diaryl/α,β-unsaturated/α-hetero) is 1. The predicted molar refractivity (Wildman–Crippen MR) is 157 cm³/mol. The number of ether oxygens (including phenoxy) is 3. The third kappa shape index (κ3) is 5.10. The van der Waals surface area contributed by atoms with Crippen molar-refractivity contribution in [2.45, 2.75) is 92.0 Å². The van der Waals surface area contributed by atoms with Gasteiger partial charge in [-0.05, 0) is 30.9 Å². The summed E-state index contributed by atoms with van der Waals surface area (Å²) in [6.07, 6.45) is 11.7. The van der Waals surface area contributed by atoms with Crippen LogP contribution in [-0.4, -0.2) is 52.7 Å². The molecule has 2 fully saturated rings. The molecule has 4 aliphatic carbocycles. The first-order valence-corrected chi connectivity index (χ1v) is 15.2. The average Bonchev–Trinajstić information content (AvgIpc) is 3.31. The van der Waals surface area contributed by atoms with Crippen LogP contribution in [0.1, 0.15) is 74.7 Å². The Kier molecular flexibility index (Phi) is 8.81. The van der Waals surface area contributed by atoms with Gasteiger partial charge in [-0.3, -0.25) is 14.4 Å². The second kappa shape index (κ2) is 11.6. The Bertz CT molecular complexity index is 1250. The summed E-state index contributed by atoms with van der Waals surface area (Å²) >= 11 is 0. The van der Waals surface area contributed by atoms with Crippen molar-refractivity contribution >= 4 is 23.7 Å². The van der Waals surface area contributed by atoms with Crippen LogP contribution in [0.4, 0.5) is 0 Å². The number of unbranched alkanes of at least 4 members (excludes halogenated alkanes) is 1. The van der Waals surface area contributed by atoms with E-state index in [2.05, 4.69) is 6.92 Å². The van der Waals surface area contributed by atoms with Gasteiger partial charge in [-0.1, -0.05) is 78.3 Å². The highest BCUT2D eigenvalue weighted by Gasteiger charge is 2.87. The molecule has 0 saturated heterocycles. The van der Waals surface area contributed by atoms with E-state index in [0.29, 0.717) is 12.0 Å². The number of ketones is 1. The Labute approximate surface area is 249 Å². The number of rotatable bonds is 9. The fraction of sp³-hybridized carbons (Fsp3) is 0.647. The molecule has 0 bridgehead atoms. The Hall–Kier alpha value is -3.00. The van der Waals surface area contributed by atoms with Crippen molar-refractivity contribution in [2.75, 3.05) is 6.61 Å². The fourth-order valence-electron chi connectivity index (χ4n) is 7.87. The summed E-state index contributed by atoms with van der Waals surface area (Å²) in [5.41, 5.74) is -2.06. The van der Waals surface area contributed by atoms with Crippen LogP contribution in [0, 0.1) is 40.9 Å². The second-order valence-corrected chi connectivity index (χ2v) is 13.4. The first-order chi connectivity index (χ1) is 19.6. The molecule has 8 atom stereocenters. The standard InChI is InChI=1S/C34H46O8/c1-9-10-11-12-13-14-27(36)41-30-21(5)33(39)25-15-20(4)28(37)24(25)16-23(18-40-22(6)35)17-26(33)29-32(7,8)34(29,30)42-31(38)19(2)3/h11-15,17,19,21,24-26,29-30,39H,9-10,16,18H2,1-8H3/b12-11+,14-13+. The van der Waals surface area contributed by atoms with Gasteiger partial charge in [-0.15, -0.1) is 0 Å². The van der Waals surface area contributed by atoms with Gasteiger partial charge < -0.3 is 19.3 Å². The minimum atomic E-state index is -1.50. The normalized spacial score (nSPS) is 36.5. The first kappa shape index (κ1) is 31.9. The number of aliphatic hydroxyl groups is 1. The first-order valence-electron chi connectivity index (χ1n) is 15.2. The van der Waals surface area contributed by atoms with E-state index in [4.69, 9.17) is 14.2 Å². The van der Waals surface area contributed by atoms with E-state index in [1.54, 1.807) is 32.9 Å². The summed E-state index contributed by atoms with van der Waals surface area (Å²) in [7, 11) is 0. The summed E-state index contributed by atoms with van der Waals surface area (Å²) < 4.78 is 17.8. The fourth-order valence-corrected chi connectivity index (χ4v) is 7.87. The lowest BCUT2D eigenvalue weighted by molar-refractivity contribution is -0.219. The molecule has 8 unspecified atom stereocenters. The van der Waals surface area contributed by atoms with Gasteiger partial charge in [0.05, 0.1) is 11.5 Å². The van der Waals surface area contributed by atoms with Gasteiger partial charge in [0, 0.05) is 48.0 Å². The van der Waals surface area contributed by atoms with E-state index in [0.717, 1.165) is 18.4 Å². The lowest BCUT2D eigenvalue weighted by Gasteiger charge is -2.52. The predicted octanol–water partition coefficient (Wildman–Crippen LogP) is 5.06. The molecule has 42 heavy (non-hydrogen) atoms. The molecular formula is C34H46O8. The summed E-state index contributed by atoms with van der Waals surface area (Å²) in [5.74, 6) is -4.70. The molecule has 0 spiro atoms. The highest BCUT2D eigenvalue weighted by Crippen LogP contribution is 2.77. The number of carbonyl (C=O) groups excluding carboxylic acids is 4. The molecule has 8 heteroatoms. The largest absolute Gasteiger partial charge is 0.461 e. The van der Waals surface area contributed by atoms with Crippen molar-refractivity contribution in [1.29, 1.82) is 0 Å². The maximum atomic E-state index is 13.4. The van der Waals surface area contributed by atoms with Gasteiger partial charge in [0.1, 0.15) is 12.7 Å². The highest BCUT2D eigenvalue weighted by molar-refractivity contribution is 6.00. The molecule has 0 radical (unpaired) electrons. The van der Waals surface area contributed by atoms with E-state index < -0.39 is 76.1 Å². The van der Waals surface area contributed by atoms with Gasteiger partial charge >= 0.3 is 17.9 Å². The Morgan fingerprint density at radius 3 is 2.45 bits per heavy atom. The molecule has 0 aromatic rings. The number of hydrogen-bond acceptors (Lipinski definition) is 8. The topological polar surface area (TPSA) is 116 Å². The molecule has 4 aliphatic rings. The molecule has 0 aromatic heterocycles. The molecule has 230 valence electrons. The van der Waals surface area contributed by atoms with Crippen LogP contribution in [0.15, 0.2) is 47.6 Å². The Morgan fingerprint density at radius 1 is 1.14 bits per heavy atom. The molecule has 2 saturated carbocycles. The molecule has 0 aliphatic heterocycles. The maximum Gasteiger partial charge on any atom is 0.331 e. The van der Waals surface area contributed by atoms with Crippen LogP contribution >= 0.6 is 0 Å². The minimum absolute atomic E-state index is 0.00648. The van der Waals surface area contributed by atoms with Gasteiger partial charge in [0.2, 0.25) is 0 Å². The molecular weight excluding hydrogens is 536 g/mol. The third-order valence-corrected chi connectivity index (χ3v) is 10.1. The number of carbonyl (C=O) groups is 4. The highest BCUT2D eigenvalue weighted by atomic mass is 16.6. The van der Waals surface area contributed by atoms with Crippen molar-refractivity contribution in [3.63, 3.8) is 0 Å². The molecule has 4 rings (SSSR count). The van der Waals surface area contributed by atoms with Crippen LogP contribution in [0.5, 0.6) is 0 Å². The van der Waals surface area contributed by atoms with Gasteiger partial charge in [0.15, 0.2) is 11.4 Å². The summed E-state index contributed by atoms with van der Waals surface area (Å²) in [6.45, 7) is 14.4. The molecule has 0 heterocycles. The minimum Gasteiger partial charge on any atom is -0.461 e.